The summed E-state index contributed by atoms with van der Waals surface area (Å²) in [5.41, 5.74) is 0.580. The van der Waals surface area contributed by atoms with Gasteiger partial charge in [0.2, 0.25) is 0 Å². The number of benzene rings is 1. The van der Waals surface area contributed by atoms with E-state index in [0.717, 1.165) is 30.4 Å². The van der Waals surface area contributed by atoms with Crippen molar-refractivity contribution in [2.45, 2.75) is 18.9 Å². The number of rotatable bonds is 2. The average molecular weight is 332 g/mol. The monoisotopic (exact) mass is 330 g/mol. The van der Waals surface area contributed by atoms with E-state index in [9.17, 15) is 4.79 Å². The van der Waals surface area contributed by atoms with Crippen molar-refractivity contribution in [3.8, 4) is 0 Å². The van der Waals surface area contributed by atoms with Gasteiger partial charge < -0.3 is 10.2 Å². The second-order valence-electron chi connectivity index (χ2n) is 4.50. The number of hydrogen-bond acceptors (Lipinski definition) is 2. The predicted octanol–water partition coefficient (Wildman–Crippen LogP) is 2.93. The van der Waals surface area contributed by atoms with E-state index in [2.05, 4.69) is 21.2 Å². The summed E-state index contributed by atoms with van der Waals surface area (Å²) in [6, 6.07) is 5.77. The topological polar surface area (TPSA) is 32.3 Å². The third-order valence-electron chi connectivity index (χ3n) is 3.28. The van der Waals surface area contributed by atoms with Crippen LogP contribution in [0.1, 0.15) is 23.2 Å². The van der Waals surface area contributed by atoms with Crippen LogP contribution >= 0.6 is 27.5 Å². The smallest absolute Gasteiger partial charge is 0.255 e. The van der Waals surface area contributed by atoms with E-state index >= 15 is 0 Å². The van der Waals surface area contributed by atoms with Crippen LogP contribution in [0, 0.1) is 0 Å². The Morgan fingerprint density at radius 3 is 3.00 bits per heavy atom. The molecule has 1 heterocycles. The number of likely N-dealkylation sites (tertiary alicyclic amines) is 1. The Morgan fingerprint density at radius 1 is 1.56 bits per heavy atom. The number of amides is 1. The first kappa shape index (κ1) is 13.8. The van der Waals surface area contributed by atoms with E-state index in [0.29, 0.717) is 16.6 Å². The minimum absolute atomic E-state index is 0.0208. The van der Waals surface area contributed by atoms with Gasteiger partial charge in [0.25, 0.3) is 5.91 Å². The summed E-state index contributed by atoms with van der Waals surface area (Å²) < 4.78 is 0.885. The normalized spacial score (nSPS) is 19.9. The molecule has 1 amide bonds. The summed E-state index contributed by atoms with van der Waals surface area (Å²) in [6.45, 7) is 1.56. The minimum atomic E-state index is 0.0208. The molecule has 1 aromatic carbocycles. The van der Waals surface area contributed by atoms with Crippen LogP contribution < -0.4 is 5.32 Å². The van der Waals surface area contributed by atoms with Gasteiger partial charge in [-0.25, -0.2) is 0 Å². The van der Waals surface area contributed by atoms with Crippen LogP contribution in [0.4, 0.5) is 0 Å². The van der Waals surface area contributed by atoms with Gasteiger partial charge in [-0.1, -0.05) is 27.5 Å². The number of likely N-dealkylation sites (N-methyl/N-ethyl adjacent to an activating group) is 1. The zero-order valence-electron chi connectivity index (χ0n) is 10.2. The Labute approximate surface area is 121 Å². The molecule has 1 fully saturated rings. The van der Waals surface area contributed by atoms with Crippen molar-refractivity contribution >= 4 is 33.4 Å². The minimum Gasteiger partial charge on any atom is -0.337 e. The molecule has 0 unspecified atom stereocenters. The highest BCUT2D eigenvalue weighted by Gasteiger charge is 2.24. The van der Waals surface area contributed by atoms with Crippen molar-refractivity contribution in [1.82, 2.24) is 10.2 Å². The summed E-state index contributed by atoms with van der Waals surface area (Å²) in [4.78, 5) is 14.3. The van der Waals surface area contributed by atoms with E-state index < -0.39 is 0 Å². The van der Waals surface area contributed by atoms with Gasteiger partial charge in [0, 0.05) is 23.6 Å². The molecule has 3 nitrogen and oxygen atoms in total. The molecule has 0 aromatic heterocycles. The van der Waals surface area contributed by atoms with Gasteiger partial charge >= 0.3 is 0 Å². The van der Waals surface area contributed by atoms with Crippen LogP contribution in [-0.2, 0) is 0 Å². The first-order valence-corrected chi connectivity index (χ1v) is 7.20. The number of nitrogens with one attached hydrogen (secondary N) is 1. The number of nitrogens with zero attached hydrogens (tertiary/aromatic N) is 1. The highest BCUT2D eigenvalue weighted by atomic mass is 79.9. The van der Waals surface area contributed by atoms with Crippen LogP contribution in [0.5, 0.6) is 0 Å². The van der Waals surface area contributed by atoms with Crippen molar-refractivity contribution in [3.63, 3.8) is 0 Å². The lowest BCUT2D eigenvalue weighted by molar-refractivity contribution is 0.0698. The fraction of sp³-hybridized carbons (Fsp3) is 0.462. The SMILES string of the molecule is CN[C@H]1CCCN(C(=O)c2ccc(Br)cc2Cl)C1. The summed E-state index contributed by atoms with van der Waals surface area (Å²) in [6.07, 6.45) is 2.15. The molecule has 5 heteroatoms. The lowest BCUT2D eigenvalue weighted by Gasteiger charge is -2.32. The van der Waals surface area contributed by atoms with E-state index in [1.807, 2.05) is 18.0 Å². The van der Waals surface area contributed by atoms with Gasteiger partial charge in [0.1, 0.15) is 0 Å². The fourth-order valence-electron chi connectivity index (χ4n) is 2.23. The molecule has 0 radical (unpaired) electrons. The first-order chi connectivity index (χ1) is 8.61. The average Bonchev–Trinajstić information content (AvgIpc) is 2.38. The summed E-state index contributed by atoms with van der Waals surface area (Å²) >= 11 is 9.46. The van der Waals surface area contributed by atoms with Crippen LogP contribution in [-0.4, -0.2) is 37.0 Å². The van der Waals surface area contributed by atoms with Crippen molar-refractivity contribution in [2.24, 2.45) is 0 Å². The van der Waals surface area contributed by atoms with Crippen LogP contribution in [0.25, 0.3) is 0 Å². The summed E-state index contributed by atoms with van der Waals surface area (Å²) in [7, 11) is 1.94. The molecule has 0 saturated carbocycles. The number of carbonyl (C=O) groups is 1. The molecule has 18 heavy (non-hydrogen) atoms. The number of halogens is 2. The molecule has 1 saturated heterocycles. The van der Waals surface area contributed by atoms with Gasteiger partial charge in [-0.3, -0.25) is 4.79 Å². The number of hydrogen-bond donors (Lipinski definition) is 1. The molecule has 1 atom stereocenters. The maximum atomic E-state index is 12.4. The van der Waals surface area contributed by atoms with Crippen molar-refractivity contribution < 1.29 is 4.79 Å². The first-order valence-electron chi connectivity index (χ1n) is 6.03. The van der Waals surface area contributed by atoms with E-state index in [4.69, 9.17) is 11.6 Å². The fourth-order valence-corrected chi connectivity index (χ4v) is 2.98. The molecule has 1 aliphatic rings. The molecule has 1 N–H and O–H groups in total. The second-order valence-corrected chi connectivity index (χ2v) is 5.83. The Bertz CT molecular complexity index is 453. The zero-order chi connectivity index (χ0) is 13.1. The Hall–Kier alpha value is -0.580. The van der Waals surface area contributed by atoms with Crippen molar-refractivity contribution in [2.75, 3.05) is 20.1 Å². The largest absolute Gasteiger partial charge is 0.337 e. The molecule has 2 rings (SSSR count). The van der Waals surface area contributed by atoms with Crippen LogP contribution in [0.15, 0.2) is 22.7 Å². The quantitative estimate of drug-likeness (QED) is 0.904. The van der Waals surface area contributed by atoms with E-state index in [-0.39, 0.29) is 5.91 Å². The standard InChI is InChI=1S/C13H16BrClN2O/c1-16-10-3-2-6-17(8-10)13(18)11-5-4-9(14)7-12(11)15/h4-5,7,10,16H,2-3,6,8H2,1H3/t10-/m0/s1. The summed E-state index contributed by atoms with van der Waals surface area (Å²) in [5, 5.41) is 3.73. The van der Waals surface area contributed by atoms with Gasteiger partial charge in [0.05, 0.1) is 10.6 Å². The predicted molar refractivity (Wildman–Crippen MR) is 77.1 cm³/mol. The summed E-state index contributed by atoms with van der Waals surface area (Å²) in [5.74, 6) is 0.0208. The molecule has 0 aliphatic carbocycles. The van der Waals surface area contributed by atoms with E-state index in [1.165, 1.54) is 0 Å². The Balaban J connectivity index is 2.15. The second kappa shape index (κ2) is 6.04. The third-order valence-corrected chi connectivity index (χ3v) is 4.08. The molecule has 0 bridgehead atoms. The third kappa shape index (κ3) is 3.05. The zero-order valence-corrected chi connectivity index (χ0v) is 12.6. The van der Waals surface area contributed by atoms with Gasteiger partial charge in [-0.05, 0) is 38.1 Å². The molecular weight excluding hydrogens is 316 g/mol. The number of carbonyl (C=O) groups excluding carboxylic acids is 1. The molecule has 98 valence electrons. The highest BCUT2D eigenvalue weighted by Crippen LogP contribution is 2.23. The Kier molecular flexibility index (Phi) is 4.65. The van der Waals surface area contributed by atoms with Gasteiger partial charge in [0.15, 0.2) is 0 Å². The molecule has 1 aromatic rings. The molecule has 1 aliphatic heterocycles. The van der Waals surface area contributed by atoms with Gasteiger partial charge in [-0.15, -0.1) is 0 Å². The van der Waals surface area contributed by atoms with Crippen molar-refractivity contribution in [1.29, 1.82) is 0 Å². The maximum absolute atomic E-state index is 12.4. The van der Waals surface area contributed by atoms with Crippen LogP contribution in [0.2, 0.25) is 5.02 Å². The lowest BCUT2D eigenvalue weighted by atomic mass is 10.0. The van der Waals surface area contributed by atoms with Crippen molar-refractivity contribution in [3.05, 3.63) is 33.3 Å². The maximum Gasteiger partial charge on any atom is 0.255 e. The molecular formula is C13H16BrClN2O. The lowest BCUT2D eigenvalue weighted by Crippen LogP contribution is -2.47. The van der Waals surface area contributed by atoms with E-state index in [1.54, 1.807) is 12.1 Å². The van der Waals surface area contributed by atoms with Gasteiger partial charge in [-0.2, -0.15) is 0 Å². The highest BCUT2D eigenvalue weighted by molar-refractivity contribution is 9.10. The van der Waals surface area contributed by atoms with Crippen LogP contribution in [0.3, 0.4) is 0 Å². The molecule has 0 spiro atoms. The Morgan fingerprint density at radius 2 is 2.33 bits per heavy atom. The number of piperidine rings is 1.